The highest BCUT2D eigenvalue weighted by Crippen LogP contribution is 2.16. The molecule has 0 aliphatic carbocycles. The molecule has 0 saturated carbocycles. The van der Waals surface area contributed by atoms with Crippen LogP contribution in [0.3, 0.4) is 0 Å². The Labute approximate surface area is 117 Å². The van der Waals surface area contributed by atoms with Crippen molar-refractivity contribution in [1.29, 1.82) is 0 Å². The number of Topliss-reactive ketones (excluding diaryl/α,β-unsaturated/α-hetero) is 1. The van der Waals surface area contributed by atoms with Crippen LogP contribution in [0.2, 0.25) is 0 Å². The number of carbonyl (C=O) groups excluding carboxylic acids is 2. The minimum Gasteiger partial charge on any atom is -0.462 e. The van der Waals surface area contributed by atoms with Crippen LogP contribution in [-0.4, -0.2) is 37.4 Å². The van der Waals surface area contributed by atoms with E-state index in [0.717, 1.165) is 0 Å². The maximum atomic E-state index is 13.1. The van der Waals surface area contributed by atoms with Crippen LogP contribution >= 0.6 is 0 Å². The molecule has 1 aromatic rings. The number of aryl methyl sites for hydroxylation is 1. The lowest BCUT2D eigenvalue weighted by Gasteiger charge is -2.12. The molecule has 0 heterocycles. The molecular weight excluding hydrogens is 261 g/mol. The molecule has 0 radical (unpaired) electrons. The minimum absolute atomic E-state index is 0.0773. The van der Waals surface area contributed by atoms with E-state index in [0.29, 0.717) is 5.56 Å². The third-order valence-corrected chi connectivity index (χ3v) is 2.56. The summed E-state index contributed by atoms with van der Waals surface area (Å²) in [5, 5.41) is 0. The van der Waals surface area contributed by atoms with E-state index in [1.54, 1.807) is 32.8 Å². The summed E-state index contributed by atoms with van der Waals surface area (Å²) in [6.07, 6.45) is 1.41. The third kappa shape index (κ3) is 3.91. The van der Waals surface area contributed by atoms with Crippen molar-refractivity contribution in [3.05, 3.63) is 46.9 Å². The van der Waals surface area contributed by atoms with Gasteiger partial charge in [0.1, 0.15) is 11.4 Å². The van der Waals surface area contributed by atoms with Gasteiger partial charge in [0.15, 0.2) is 0 Å². The average molecular weight is 279 g/mol. The number of hydrogen-bond acceptors (Lipinski definition) is 4. The Morgan fingerprint density at radius 1 is 1.35 bits per heavy atom. The molecule has 1 aromatic carbocycles. The highest BCUT2D eigenvalue weighted by atomic mass is 19.1. The van der Waals surface area contributed by atoms with E-state index in [1.165, 1.54) is 24.4 Å². The first kappa shape index (κ1) is 15.9. The Morgan fingerprint density at radius 2 is 2.00 bits per heavy atom. The van der Waals surface area contributed by atoms with Crippen molar-refractivity contribution in [1.82, 2.24) is 4.90 Å². The normalized spacial score (nSPS) is 11.2. The fourth-order valence-corrected chi connectivity index (χ4v) is 1.70. The summed E-state index contributed by atoms with van der Waals surface area (Å²) in [6, 6.07) is 3.82. The van der Waals surface area contributed by atoms with Crippen LogP contribution in [0, 0.1) is 12.7 Å². The molecule has 0 bridgehead atoms. The Balaban J connectivity index is 3.20. The number of benzene rings is 1. The van der Waals surface area contributed by atoms with Crippen molar-refractivity contribution < 1.29 is 18.7 Å². The molecule has 0 spiro atoms. The summed E-state index contributed by atoms with van der Waals surface area (Å²) in [5.41, 5.74) is 0.683. The quantitative estimate of drug-likeness (QED) is 0.273. The maximum absolute atomic E-state index is 13.1. The van der Waals surface area contributed by atoms with Gasteiger partial charge >= 0.3 is 5.97 Å². The van der Waals surface area contributed by atoms with Crippen molar-refractivity contribution in [2.24, 2.45) is 0 Å². The van der Waals surface area contributed by atoms with Gasteiger partial charge in [0.05, 0.1) is 6.61 Å². The van der Waals surface area contributed by atoms with E-state index in [4.69, 9.17) is 4.74 Å². The zero-order valence-corrected chi connectivity index (χ0v) is 12.1. The van der Waals surface area contributed by atoms with Gasteiger partial charge in [-0.25, -0.2) is 9.18 Å². The molecule has 0 aliphatic heterocycles. The third-order valence-electron chi connectivity index (χ3n) is 2.56. The number of nitrogens with zero attached hydrogens (tertiary/aromatic N) is 1. The average Bonchev–Trinajstić information content (AvgIpc) is 2.35. The number of carbonyl (C=O) groups is 2. The van der Waals surface area contributed by atoms with Crippen molar-refractivity contribution in [2.75, 3.05) is 20.7 Å². The summed E-state index contributed by atoms with van der Waals surface area (Å²) in [4.78, 5) is 25.9. The highest BCUT2D eigenvalue weighted by Gasteiger charge is 2.23. The molecule has 0 unspecified atom stereocenters. The Bertz CT molecular complexity index is 550. The van der Waals surface area contributed by atoms with Gasteiger partial charge in [0.25, 0.3) is 0 Å². The first-order valence-corrected chi connectivity index (χ1v) is 6.23. The molecule has 0 amide bonds. The van der Waals surface area contributed by atoms with E-state index in [1.807, 2.05) is 0 Å². The minimum atomic E-state index is -0.685. The lowest BCUT2D eigenvalue weighted by molar-refractivity contribution is -0.138. The Morgan fingerprint density at radius 3 is 2.50 bits per heavy atom. The number of esters is 1. The van der Waals surface area contributed by atoms with Gasteiger partial charge in [-0.2, -0.15) is 0 Å². The van der Waals surface area contributed by atoms with E-state index < -0.39 is 17.6 Å². The van der Waals surface area contributed by atoms with Crippen LogP contribution in [0.1, 0.15) is 22.8 Å². The first-order valence-electron chi connectivity index (χ1n) is 6.23. The second kappa shape index (κ2) is 6.84. The number of rotatable bonds is 5. The maximum Gasteiger partial charge on any atom is 0.343 e. The van der Waals surface area contributed by atoms with E-state index in [2.05, 4.69) is 0 Å². The van der Waals surface area contributed by atoms with Gasteiger partial charge in [-0.1, -0.05) is 0 Å². The molecule has 4 nitrogen and oxygen atoms in total. The van der Waals surface area contributed by atoms with Crippen LogP contribution in [0.5, 0.6) is 0 Å². The van der Waals surface area contributed by atoms with Gasteiger partial charge in [-0.05, 0) is 37.6 Å². The number of hydrogen-bond donors (Lipinski definition) is 0. The smallest absolute Gasteiger partial charge is 0.343 e. The van der Waals surface area contributed by atoms with Gasteiger partial charge < -0.3 is 9.64 Å². The lowest BCUT2D eigenvalue weighted by atomic mass is 9.99. The Kier molecular flexibility index (Phi) is 5.43. The number of ether oxygens (including phenoxy) is 1. The number of ketones is 1. The van der Waals surface area contributed by atoms with Crippen LogP contribution < -0.4 is 0 Å². The molecule has 1 rings (SSSR count). The molecule has 0 saturated heterocycles. The summed E-state index contributed by atoms with van der Waals surface area (Å²) in [7, 11) is 3.40. The topological polar surface area (TPSA) is 46.6 Å². The summed E-state index contributed by atoms with van der Waals surface area (Å²) >= 11 is 0. The van der Waals surface area contributed by atoms with Gasteiger partial charge in [-0.3, -0.25) is 4.79 Å². The van der Waals surface area contributed by atoms with Crippen LogP contribution in [-0.2, 0) is 9.53 Å². The van der Waals surface area contributed by atoms with Gasteiger partial charge in [0, 0.05) is 25.9 Å². The van der Waals surface area contributed by atoms with Crippen molar-refractivity contribution in [2.45, 2.75) is 13.8 Å². The predicted molar refractivity (Wildman–Crippen MR) is 73.9 cm³/mol. The second-order valence-electron chi connectivity index (χ2n) is 4.52. The molecule has 0 aromatic heterocycles. The fraction of sp³-hybridized carbons (Fsp3) is 0.333. The van der Waals surface area contributed by atoms with Gasteiger partial charge in [-0.15, -0.1) is 0 Å². The predicted octanol–water partition coefficient (Wildman–Crippen LogP) is 2.33. The zero-order chi connectivity index (χ0) is 15.3. The SMILES string of the molecule is CCOC(=O)C(=CN(C)C)C(=O)c1ccc(F)cc1C. The lowest BCUT2D eigenvalue weighted by Crippen LogP contribution is -2.20. The summed E-state index contributed by atoms with van der Waals surface area (Å²) in [5.74, 6) is -1.59. The van der Waals surface area contributed by atoms with E-state index in [9.17, 15) is 14.0 Å². The second-order valence-corrected chi connectivity index (χ2v) is 4.52. The van der Waals surface area contributed by atoms with E-state index >= 15 is 0 Å². The van der Waals surface area contributed by atoms with Crippen LogP contribution in [0.25, 0.3) is 0 Å². The van der Waals surface area contributed by atoms with Crippen molar-refractivity contribution >= 4 is 11.8 Å². The van der Waals surface area contributed by atoms with E-state index in [-0.39, 0.29) is 17.7 Å². The van der Waals surface area contributed by atoms with Crippen LogP contribution in [0.4, 0.5) is 4.39 Å². The monoisotopic (exact) mass is 279 g/mol. The zero-order valence-electron chi connectivity index (χ0n) is 12.1. The molecule has 20 heavy (non-hydrogen) atoms. The van der Waals surface area contributed by atoms with Gasteiger partial charge in [0.2, 0.25) is 5.78 Å². The molecule has 0 fully saturated rings. The summed E-state index contributed by atoms with van der Waals surface area (Å²) < 4.78 is 18.0. The molecular formula is C15H18FNO3. The fourth-order valence-electron chi connectivity index (χ4n) is 1.70. The molecule has 108 valence electrons. The molecule has 0 atom stereocenters. The van der Waals surface area contributed by atoms with Crippen molar-refractivity contribution in [3.63, 3.8) is 0 Å². The number of halogens is 1. The molecule has 0 aliphatic rings. The molecule has 5 heteroatoms. The highest BCUT2D eigenvalue weighted by molar-refractivity contribution is 6.24. The Hall–Kier alpha value is -2.17. The van der Waals surface area contributed by atoms with Crippen molar-refractivity contribution in [3.8, 4) is 0 Å². The molecule has 0 N–H and O–H groups in total. The largest absolute Gasteiger partial charge is 0.462 e. The first-order chi connectivity index (χ1) is 9.36. The standard InChI is InChI=1S/C15H18FNO3/c1-5-20-15(19)13(9-17(3)4)14(18)12-7-6-11(16)8-10(12)2/h6-9H,5H2,1-4H3. The van der Waals surface area contributed by atoms with Crippen LogP contribution in [0.15, 0.2) is 30.0 Å². The summed E-state index contributed by atoms with van der Waals surface area (Å²) in [6.45, 7) is 3.47.